The van der Waals surface area contributed by atoms with Crippen molar-refractivity contribution in [3.05, 3.63) is 76.6 Å². The van der Waals surface area contributed by atoms with Crippen LogP contribution < -0.4 is 5.32 Å². The molecule has 0 saturated carbocycles. The standard InChI is InChI=1S/C25H25N3O4/c29-24(30)23(13-22-19-11-5-6-12-21(19)27-28-22)26-25(31)32-14-20-17-9-3-1-7-15(17)16-8-2-4-10-18(16)20/h1-4,7-10,20,23H,5-6,11-14H2,(H,26,31)(H,27,28)(H,29,30)/t23-/m0/s1. The fourth-order valence-corrected chi connectivity index (χ4v) is 4.89. The second kappa shape index (κ2) is 8.49. The first-order chi connectivity index (χ1) is 15.6. The van der Waals surface area contributed by atoms with Gasteiger partial charge in [0.05, 0.1) is 5.69 Å². The summed E-state index contributed by atoms with van der Waals surface area (Å²) in [6, 6.07) is 15.1. The third-order valence-electron chi connectivity index (χ3n) is 6.47. The molecule has 2 aliphatic carbocycles. The van der Waals surface area contributed by atoms with Gasteiger partial charge in [0.25, 0.3) is 0 Å². The molecular weight excluding hydrogens is 406 g/mol. The van der Waals surface area contributed by atoms with Crippen molar-refractivity contribution in [3.8, 4) is 11.1 Å². The van der Waals surface area contributed by atoms with Crippen LogP contribution in [-0.4, -0.2) is 40.0 Å². The highest BCUT2D eigenvalue weighted by Crippen LogP contribution is 2.44. The molecule has 3 aromatic rings. The molecule has 164 valence electrons. The van der Waals surface area contributed by atoms with E-state index in [0.717, 1.165) is 59.2 Å². The molecular formula is C25H25N3O4. The number of carbonyl (C=O) groups excluding carboxylic acids is 1. The Morgan fingerprint density at radius 3 is 2.41 bits per heavy atom. The van der Waals surface area contributed by atoms with Crippen LogP contribution in [0.5, 0.6) is 0 Å². The molecule has 32 heavy (non-hydrogen) atoms. The molecule has 1 aromatic heterocycles. The fraction of sp³-hybridized carbons (Fsp3) is 0.320. The smallest absolute Gasteiger partial charge is 0.407 e. The molecule has 0 spiro atoms. The van der Waals surface area contributed by atoms with Crippen LogP contribution in [0.2, 0.25) is 0 Å². The van der Waals surface area contributed by atoms with Crippen molar-refractivity contribution in [3.63, 3.8) is 0 Å². The number of rotatable bonds is 6. The number of amides is 1. The molecule has 0 unspecified atom stereocenters. The van der Waals surface area contributed by atoms with Crippen LogP contribution in [0.25, 0.3) is 11.1 Å². The van der Waals surface area contributed by atoms with Crippen molar-refractivity contribution < 1.29 is 19.4 Å². The summed E-state index contributed by atoms with van der Waals surface area (Å²) in [7, 11) is 0. The Kier molecular flexibility index (Phi) is 5.39. The van der Waals surface area contributed by atoms with Crippen LogP contribution in [0.3, 0.4) is 0 Å². The molecule has 0 fully saturated rings. The topological polar surface area (TPSA) is 104 Å². The van der Waals surface area contributed by atoms with E-state index >= 15 is 0 Å². The number of nitrogens with one attached hydrogen (secondary N) is 2. The molecule has 5 rings (SSSR count). The Morgan fingerprint density at radius 2 is 1.72 bits per heavy atom. The number of alkyl carbamates (subject to hydrolysis) is 1. The van der Waals surface area contributed by atoms with Crippen LogP contribution in [0, 0.1) is 0 Å². The van der Waals surface area contributed by atoms with Crippen molar-refractivity contribution in [1.82, 2.24) is 15.5 Å². The van der Waals surface area contributed by atoms with Crippen molar-refractivity contribution in [2.24, 2.45) is 0 Å². The second-order valence-corrected chi connectivity index (χ2v) is 8.40. The van der Waals surface area contributed by atoms with Crippen LogP contribution in [0.4, 0.5) is 4.79 Å². The van der Waals surface area contributed by atoms with Gasteiger partial charge in [0.1, 0.15) is 12.6 Å². The lowest BCUT2D eigenvalue weighted by Gasteiger charge is -2.18. The van der Waals surface area contributed by atoms with Gasteiger partial charge in [0, 0.05) is 18.0 Å². The molecule has 0 saturated heterocycles. The number of H-pyrrole nitrogens is 1. The summed E-state index contributed by atoms with van der Waals surface area (Å²) in [5.41, 5.74) is 7.39. The lowest BCUT2D eigenvalue weighted by atomic mass is 9.94. The zero-order valence-electron chi connectivity index (χ0n) is 17.6. The highest BCUT2D eigenvalue weighted by Gasteiger charge is 2.30. The van der Waals surface area contributed by atoms with Gasteiger partial charge in [-0.3, -0.25) is 5.10 Å². The highest BCUT2D eigenvalue weighted by molar-refractivity contribution is 5.81. The normalized spacial score (nSPS) is 15.4. The summed E-state index contributed by atoms with van der Waals surface area (Å²) in [6.45, 7) is 0.143. The SMILES string of the molecule is O=C(N[C@@H](Cc1n[nH]c2c1CCCC2)C(=O)O)OCC1c2ccccc2-c2ccccc21. The second-order valence-electron chi connectivity index (χ2n) is 8.40. The molecule has 1 amide bonds. The summed E-state index contributed by atoms with van der Waals surface area (Å²) in [4.78, 5) is 24.3. The number of carboxylic acids is 1. The van der Waals surface area contributed by atoms with E-state index in [9.17, 15) is 14.7 Å². The Morgan fingerprint density at radius 1 is 1.06 bits per heavy atom. The average molecular weight is 431 g/mol. The minimum Gasteiger partial charge on any atom is -0.480 e. The van der Waals surface area contributed by atoms with Gasteiger partial charge in [-0.2, -0.15) is 5.10 Å². The molecule has 3 N–H and O–H groups in total. The van der Waals surface area contributed by atoms with Crippen LogP contribution in [0.1, 0.15) is 46.8 Å². The lowest BCUT2D eigenvalue weighted by Crippen LogP contribution is -2.43. The van der Waals surface area contributed by atoms with Crippen LogP contribution >= 0.6 is 0 Å². The van der Waals surface area contributed by atoms with Gasteiger partial charge in [-0.25, -0.2) is 9.59 Å². The van der Waals surface area contributed by atoms with Gasteiger partial charge < -0.3 is 15.2 Å². The number of benzene rings is 2. The summed E-state index contributed by atoms with van der Waals surface area (Å²) in [5, 5.41) is 19.5. The molecule has 7 nitrogen and oxygen atoms in total. The number of hydrogen-bond acceptors (Lipinski definition) is 4. The van der Waals surface area contributed by atoms with Gasteiger partial charge >= 0.3 is 12.1 Å². The molecule has 7 heteroatoms. The number of carboxylic acid groups (broad SMARTS) is 1. The van der Waals surface area contributed by atoms with Crippen LogP contribution in [0.15, 0.2) is 48.5 Å². The van der Waals surface area contributed by atoms with Crippen molar-refractivity contribution in [2.45, 2.75) is 44.1 Å². The van der Waals surface area contributed by atoms with E-state index < -0.39 is 18.1 Å². The average Bonchev–Trinajstić information content (AvgIpc) is 3.36. The van der Waals surface area contributed by atoms with Gasteiger partial charge in [-0.15, -0.1) is 0 Å². The molecule has 2 aromatic carbocycles. The number of fused-ring (bicyclic) bond motifs is 4. The zero-order valence-corrected chi connectivity index (χ0v) is 17.6. The van der Waals surface area contributed by atoms with Gasteiger partial charge in [-0.05, 0) is 53.5 Å². The minimum absolute atomic E-state index is 0.0743. The van der Waals surface area contributed by atoms with Crippen molar-refractivity contribution in [1.29, 1.82) is 0 Å². The van der Waals surface area contributed by atoms with E-state index in [1.807, 2.05) is 36.4 Å². The largest absolute Gasteiger partial charge is 0.480 e. The molecule has 0 aliphatic heterocycles. The first kappa shape index (κ1) is 20.3. The number of aliphatic carboxylic acids is 1. The number of hydrogen-bond donors (Lipinski definition) is 3. The zero-order chi connectivity index (χ0) is 22.1. The number of carbonyl (C=O) groups is 2. The van der Waals surface area contributed by atoms with Crippen LogP contribution in [-0.2, 0) is 28.8 Å². The number of aromatic nitrogens is 2. The summed E-state index contributed by atoms with van der Waals surface area (Å²) in [5.74, 6) is -1.18. The van der Waals surface area contributed by atoms with Crippen molar-refractivity contribution in [2.75, 3.05) is 6.61 Å². The molecule has 1 atom stereocenters. The molecule has 1 heterocycles. The third kappa shape index (κ3) is 3.75. The van der Waals surface area contributed by atoms with Gasteiger partial charge in [-0.1, -0.05) is 48.5 Å². The Balaban J connectivity index is 1.26. The predicted octanol–water partition coefficient (Wildman–Crippen LogP) is 3.82. The summed E-state index contributed by atoms with van der Waals surface area (Å²) in [6.07, 6.45) is 3.39. The maximum Gasteiger partial charge on any atom is 0.407 e. The quantitative estimate of drug-likeness (QED) is 0.550. The van der Waals surface area contributed by atoms with Gasteiger partial charge in [0.2, 0.25) is 0 Å². The predicted molar refractivity (Wildman–Crippen MR) is 119 cm³/mol. The monoisotopic (exact) mass is 431 g/mol. The number of aryl methyl sites for hydroxylation is 1. The summed E-state index contributed by atoms with van der Waals surface area (Å²) >= 11 is 0. The van der Waals surface area contributed by atoms with E-state index in [-0.39, 0.29) is 18.9 Å². The van der Waals surface area contributed by atoms with Gasteiger partial charge in [0.15, 0.2) is 0 Å². The Bertz CT molecular complexity index is 1120. The molecule has 2 aliphatic rings. The number of ether oxygens (including phenoxy) is 1. The first-order valence-electron chi connectivity index (χ1n) is 11.0. The molecule has 0 radical (unpaired) electrons. The first-order valence-corrected chi connectivity index (χ1v) is 11.0. The highest BCUT2D eigenvalue weighted by atomic mass is 16.5. The van der Waals surface area contributed by atoms with Crippen molar-refractivity contribution >= 4 is 12.1 Å². The van der Waals surface area contributed by atoms with E-state index in [4.69, 9.17) is 4.74 Å². The Labute approximate surface area is 185 Å². The number of aromatic amines is 1. The van der Waals surface area contributed by atoms with E-state index in [0.29, 0.717) is 5.69 Å². The lowest BCUT2D eigenvalue weighted by molar-refractivity contribution is -0.139. The fourth-order valence-electron chi connectivity index (χ4n) is 4.89. The Hall–Kier alpha value is -3.61. The summed E-state index contributed by atoms with van der Waals surface area (Å²) < 4.78 is 5.51. The molecule has 0 bridgehead atoms. The maximum absolute atomic E-state index is 12.5. The maximum atomic E-state index is 12.5. The van der Waals surface area contributed by atoms with E-state index in [1.54, 1.807) is 0 Å². The van der Waals surface area contributed by atoms with E-state index in [1.165, 1.54) is 0 Å². The minimum atomic E-state index is -1.11. The third-order valence-corrected chi connectivity index (χ3v) is 6.47. The van der Waals surface area contributed by atoms with E-state index in [2.05, 4.69) is 27.6 Å². The number of nitrogens with zero attached hydrogens (tertiary/aromatic N) is 1.